The third-order valence-corrected chi connectivity index (χ3v) is 6.85. The maximum atomic E-state index is 14.0. The molecule has 1 amide bonds. The molecule has 3 atom stereocenters. The van der Waals surface area contributed by atoms with E-state index in [4.69, 9.17) is 5.73 Å². The molecule has 1 unspecified atom stereocenters. The van der Waals surface area contributed by atoms with Crippen molar-refractivity contribution in [1.29, 1.82) is 0 Å². The van der Waals surface area contributed by atoms with Gasteiger partial charge >= 0.3 is 6.18 Å². The third kappa shape index (κ3) is 3.61. The van der Waals surface area contributed by atoms with Crippen molar-refractivity contribution in [1.82, 2.24) is 9.47 Å². The normalized spacial score (nSPS) is 24.0. The van der Waals surface area contributed by atoms with Crippen LogP contribution in [0, 0.1) is 0 Å². The Bertz CT molecular complexity index is 1110. The summed E-state index contributed by atoms with van der Waals surface area (Å²) >= 11 is 0. The number of carbonyl (C=O) groups excluding carboxylic acids is 1. The molecule has 0 saturated carbocycles. The third-order valence-electron chi connectivity index (χ3n) is 6.85. The zero-order valence-corrected chi connectivity index (χ0v) is 17.0. The van der Waals surface area contributed by atoms with Crippen LogP contribution in [-0.4, -0.2) is 27.5 Å². The monoisotopic (exact) mass is 427 g/mol. The molecule has 2 saturated heterocycles. The van der Waals surface area contributed by atoms with Gasteiger partial charge in [-0.15, -0.1) is 0 Å². The lowest BCUT2D eigenvalue weighted by Gasteiger charge is -2.40. The molecule has 1 aromatic heterocycles. The Morgan fingerprint density at radius 2 is 1.65 bits per heavy atom. The molecule has 0 spiro atoms. The van der Waals surface area contributed by atoms with Crippen LogP contribution in [0.3, 0.4) is 0 Å². The fourth-order valence-corrected chi connectivity index (χ4v) is 5.49. The summed E-state index contributed by atoms with van der Waals surface area (Å²) in [5, 5.41) is 0.483. The van der Waals surface area contributed by atoms with Gasteiger partial charge in [0.1, 0.15) is 5.69 Å². The number of piperidine rings is 1. The van der Waals surface area contributed by atoms with Crippen LogP contribution in [0.15, 0.2) is 54.6 Å². The second kappa shape index (κ2) is 7.41. The number of hydrogen-bond donors (Lipinski definition) is 1. The summed E-state index contributed by atoms with van der Waals surface area (Å²) < 4.78 is 43.3. The molecule has 2 aliphatic rings. The van der Waals surface area contributed by atoms with E-state index in [-0.39, 0.29) is 23.7 Å². The zero-order chi connectivity index (χ0) is 21.8. The maximum Gasteiger partial charge on any atom is 0.431 e. The van der Waals surface area contributed by atoms with Crippen molar-refractivity contribution in [3.8, 4) is 0 Å². The highest BCUT2D eigenvalue weighted by molar-refractivity contribution is 5.97. The van der Waals surface area contributed by atoms with Crippen LogP contribution in [0.4, 0.5) is 13.2 Å². The van der Waals surface area contributed by atoms with E-state index >= 15 is 0 Å². The Labute approximate surface area is 178 Å². The fraction of sp³-hybridized carbons (Fsp3) is 0.375. The van der Waals surface area contributed by atoms with Gasteiger partial charge in [-0.25, -0.2) is 0 Å². The highest BCUT2D eigenvalue weighted by Gasteiger charge is 2.44. The Hall–Kier alpha value is -2.80. The first-order chi connectivity index (χ1) is 14.8. The number of aromatic nitrogens is 1. The quantitative estimate of drug-likeness (QED) is 0.628. The minimum atomic E-state index is -4.47. The lowest BCUT2D eigenvalue weighted by atomic mass is 9.95. The van der Waals surface area contributed by atoms with E-state index in [1.807, 2.05) is 18.2 Å². The number of hydrogen-bond acceptors (Lipinski definition) is 2. The van der Waals surface area contributed by atoms with E-state index in [2.05, 4.69) is 17.0 Å². The van der Waals surface area contributed by atoms with Crippen LogP contribution in [0.5, 0.6) is 0 Å². The van der Waals surface area contributed by atoms with Crippen molar-refractivity contribution in [3.05, 3.63) is 71.4 Å². The maximum absolute atomic E-state index is 14.0. The molecule has 162 valence electrons. The zero-order valence-electron chi connectivity index (χ0n) is 17.0. The van der Waals surface area contributed by atoms with Crippen molar-refractivity contribution in [2.45, 2.75) is 56.5 Å². The highest BCUT2D eigenvalue weighted by Crippen LogP contribution is 2.45. The van der Waals surface area contributed by atoms with Crippen LogP contribution in [-0.2, 0) is 12.7 Å². The summed E-state index contributed by atoms with van der Waals surface area (Å²) in [5.74, 6) is -0.638. The Morgan fingerprint density at radius 1 is 0.968 bits per heavy atom. The SMILES string of the molecule is NC(=O)c1ccc2cc(C(F)(F)F)n(C3C[C@H]4CC[C@@H](C3)N4Cc3ccccc3)c2c1. The molecule has 2 aliphatic heterocycles. The first-order valence-corrected chi connectivity index (χ1v) is 10.6. The van der Waals surface area contributed by atoms with Gasteiger partial charge in [0.2, 0.25) is 5.91 Å². The van der Waals surface area contributed by atoms with Gasteiger partial charge in [-0.05, 0) is 49.4 Å². The number of rotatable bonds is 4. The van der Waals surface area contributed by atoms with E-state index in [1.54, 1.807) is 6.07 Å². The number of nitrogens with two attached hydrogens (primary N) is 1. The summed E-state index contributed by atoms with van der Waals surface area (Å²) in [6.45, 7) is 0.827. The molecule has 0 radical (unpaired) electrons. The van der Waals surface area contributed by atoms with Gasteiger partial charge in [-0.2, -0.15) is 13.2 Å². The Morgan fingerprint density at radius 3 is 2.26 bits per heavy atom. The van der Waals surface area contributed by atoms with Gasteiger partial charge < -0.3 is 10.3 Å². The molecule has 3 aromatic rings. The first kappa shape index (κ1) is 20.1. The second-order valence-electron chi connectivity index (χ2n) is 8.70. The van der Waals surface area contributed by atoms with Crippen molar-refractivity contribution < 1.29 is 18.0 Å². The average Bonchev–Trinajstić information content (AvgIpc) is 3.22. The standard InChI is InChI=1S/C24H24F3N3O/c25-24(26,27)22-11-16-6-7-17(23(28)31)10-21(16)30(22)20-12-18-8-9-19(13-20)29(18)14-15-4-2-1-3-5-15/h1-7,10-11,18-20H,8-9,12-14H2,(H2,28,31)/t18-,19+,20?. The summed E-state index contributed by atoms with van der Waals surface area (Å²) in [6, 6.07) is 16.2. The van der Waals surface area contributed by atoms with E-state index in [0.717, 1.165) is 19.4 Å². The molecule has 5 rings (SSSR count). The minimum absolute atomic E-state index is 0.227. The van der Waals surface area contributed by atoms with Crippen molar-refractivity contribution in [3.63, 3.8) is 0 Å². The fourth-order valence-electron chi connectivity index (χ4n) is 5.49. The van der Waals surface area contributed by atoms with E-state index in [1.165, 1.54) is 28.3 Å². The second-order valence-corrected chi connectivity index (χ2v) is 8.70. The summed E-state index contributed by atoms with van der Waals surface area (Å²) in [5.41, 5.74) is 6.64. The van der Waals surface area contributed by atoms with Gasteiger partial charge in [-0.3, -0.25) is 9.69 Å². The molecule has 4 nitrogen and oxygen atoms in total. The van der Waals surface area contributed by atoms with Crippen LogP contribution in [0.2, 0.25) is 0 Å². The lowest BCUT2D eigenvalue weighted by molar-refractivity contribution is -0.144. The number of alkyl halides is 3. The number of benzene rings is 2. The number of halogens is 3. The van der Waals surface area contributed by atoms with Gasteiger partial charge in [0, 0.05) is 41.1 Å². The van der Waals surface area contributed by atoms with Crippen LogP contribution in [0.1, 0.15) is 53.3 Å². The molecule has 2 N–H and O–H groups in total. The Kier molecular flexibility index (Phi) is 4.81. The summed E-state index contributed by atoms with van der Waals surface area (Å²) in [7, 11) is 0. The number of fused-ring (bicyclic) bond motifs is 3. The molecular formula is C24H24F3N3O. The van der Waals surface area contributed by atoms with Crippen LogP contribution >= 0.6 is 0 Å². The van der Waals surface area contributed by atoms with Crippen LogP contribution < -0.4 is 5.73 Å². The van der Waals surface area contributed by atoms with Gasteiger partial charge in [0.15, 0.2) is 0 Å². The molecule has 7 heteroatoms. The predicted molar refractivity (Wildman–Crippen MR) is 113 cm³/mol. The molecule has 3 heterocycles. The number of nitrogens with zero attached hydrogens (tertiary/aromatic N) is 2. The van der Waals surface area contributed by atoms with Gasteiger partial charge in [0.05, 0.1) is 0 Å². The van der Waals surface area contributed by atoms with Gasteiger partial charge in [-0.1, -0.05) is 36.4 Å². The molecule has 31 heavy (non-hydrogen) atoms. The highest BCUT2D eigenvalue weighted by atomic mass is 19.4. The van der Waals surface area contributed by atoms with Crippen molar-refractivity contribution in [2.75, 3.05) is 0 Å². The number of primary amides is 1. The number of carbonyl (C=O) groups is 1. The van der Waals surface area contributed by atoms with Gasteiger partial charge in [0.25, 0.3) is 0 Å². The van der Waals surface area contributed by atoms with Crippen LogP contribution in [0.25, 0.3) is 10.9 Å². The Balaban J connectivity index is 1.51. The molecule has 2 fully saturated rings. The smallest absolute Gasteiger partial charge is 0.366 e. The predicted octanol–water partition coefficient (Wildman–Crippen LogP) is 5.13. The summed E-state index contributed by atoms with van der Waals surface area (Å²) in [6.07, 6.45) is -1.14. The topological polar surface area (TPSA) is 51.3 Å². The van der Waals surface area contributed by atoms with E-state index in [0.29, 0.717) is 23.7 Å². The molecule has 2 aromatic carbocycles. The number of amides is 1. The lowest BCUT2D eigenvalue weighted by Crippen LogP contribution is -2.43. The molecular weight excluding hydrogens is 403 g/mol. The van der Waals surface area contributed by atoms with E-state index < -0.39 is 17.8 Å². The minimum Gasteiger partial charge on any atom is -0.366 e. The average molecular weight is 427 g/mol. The molecule has 0 aliphatic carbocycles. The van der Waals surface area contributed by atoms with E-state index in [9.17, 15) is 18.0 Å². The molecule has 2 bridgehead atoms. The first-order valence-electron chi connectivity index (χ1n) is 10.6. The van der Waals surface area contributed by atoms with Crippen molar-refractivity contribution in [2.24, 2.45) is 5.73 Å². The largest absolute Gasteiger partial charge is 0.431 e. The summed E-state index contributed by atoms with van der Waals surface area (Å²) in [4.78, 5) is 14.1. The van der Waals surface area contributed by atoms with Crippen molar-refractivity contribution >= 4 is 16.8 Å².